The maximum Gasteiger partial charge on any atom is 0.0897 e. The van der Waals surface area contributed by atoms with Crippen molar-refractivity contribution in [1.82, 2.24) is 5.32 Å². The molecule has 3 N–H and O–H groups in total. The van der Waals surface area contributed by atoms with Gasteiger partial charge in [-0.05, 0) is 18.3 Å². The number of aliphatic hydroxyl groups is 2. The van der Waals surface area contributed by atoms with Gasteiger partial charge < -0.3 is 20.3 Å². The molecule has 0 saturated heterocycles. The van der Waals surface area contributed by atoms with Crippen LogP contribution in [0.15, 0.2) is 0 Å². The molecule has 17 heavy (non-hydrogen) atoms. The summed E-state index contributed by atoms with van der Waals surface area (Å²) in [5.41, 5.74) is 0.0670. The Bertz CT molecular complexity index is 174. The van der Waals surface area contributed by atoms with Gasteiger partial charge in [0.25, 0.3) is 0 Å². The smallest absolute Gasteiger partial charge is 0.0897 e. The number of ether oxygens (including phenoxy) is 1. The van der Waals surface area contributed by atoms with Crippen LogP contribution in [0.4, 0.5) is 0 Å². The van der Waals surface area contributed by atoms with E-state index in [4.69, 9.17) is 9.84 Å². The van der Waals surface area contributed by atoms with Crippen LogP contribution >= 0.6 is 0 Å². The molecule has 0 aliphatic heterocycles. The SMILES string of the molecule is CCCCOCC(O)CNCC(C)(C)CCO. The van der Waals surface area contributed by atoms with E-state index in [0.717, 1.165) is 32.4 Å². The highest BCUT2D eigenvalue weighted by Crippen LogP contribution is 2.17. The van der Waals surface area contributed by atoms with E-state index in [-0.39, 0.29) is 12.0 Å². The first-order chi connectivity index (χ1) is 8.02. The quantitative estimate of drug-likeness (QED) is 0.480. The molecule has 0 fully saturated rings. The average Bonchev–Trinajstić information content (AvgIpc) is 2.24. The molecule has 4 heteroatoms. The minimum Gasteiger partial charge on any atom is -0.396 e. The van der Waals surface area contributed by atoms with Gasteiger partial charge in [0.2, 0.25) is 0 Å². The molecule has 0 saturated carbocycles. The first-order valence-electron chi connectivity index (χ1n) is 6.59. The lowest BCUT2D eigenvalue weighted by Crippen LogP contribution is -2.37. The summed E-state index contributed by atoms with van der Waals surface area (Å²) < 4.78 is 5.34. The average molecular weight is 247 g/mol. The van der Waals surface area contributed by atoms with Crippen molar-refractivity contribution in [3.8, 4) is 0 Å². The monoisotopic (exact) mass is 247 g/mol. The Morgan fingerprint density at radius 1 is 1.35 bits per heavy atom. The van der Waals surface area contributed by atoms with Gasteiger partial charge in [0.1, 0.15) is 0 Å². The minimum absolute atomic E-state index is 0.0670. The molecule has 0 aromatic carbocycles. The summed E-state index contributed by atoms with van der Waals surface area (Å²) in [5, 5.41) is 21.7. The third-order valence-corrected chi connectivity index (χ3v) is 2.72. The second kappa shape index (κ2) is 9.83. The molecular weight excluding hydrogens is 218 g/mol. The molecule has 4 nitrogen and oxygen atoms in total. The first-order valence-corrected chi connectivity index (χ1v) is 6.59. The molecule has 1 atom stereocenters. The van der Waals surface area contributed by atoms with Crippen molar-refractivity contribution in [2.24, 2.45) is 5.41 Å². The number of hydrogen-bond acceptors (Lipinski definition) is 4. The van der Waals surface area contributed by atoms with Crippen molar-refractivity contribution in [2.45, 2.75) is 46.1 Å². The van der Waals surface area contributed by atoms with Gasteiger partial charge in [-0.3, -0.25) is 0 Å². The fourth-order valence-corrected chi connectivity index (χ4v) is 1.49. The van der Waals surface area contributed by atoms with E-state index >= 15 is 0 Å². The summed E-state index contributed by atoms with van der Waals surface area (Å²) in [5.74, 6) is 0. The van der Waals surface area contributed by atoms with E-state index in [1.54, 1.807) is 0 Å². The number of rotatable bonds is 11. The Labute approximate surface area is 105 Å². The van der Waals surface area contributed by atoms with Crippen LogP contribution in [0.25, 0.3) is 0 Å². The topological polar surface area (TPSA) is 61.7 Å². The van der Waals surface area contributed by atoms with Crippen LogP contribution in [0, 0.1) is 5.41 Å². The Morgan fingerprint density at radius 3 is 2.65 bits per heavy atom. The van der Waals surface area contributed by atoms with Crippen molar-refractivity contribution in [2.75, 3.05) is 32.9 Å². The van der Waals surface area contributed by atoms with Gasteiger partial charge in [0.05, 0.1) is 12.7 Å². The van der Waals surface area contributed by atoms with Crippen LogP contribution in [-0.4, -0.2) is 49.2 Å². The Hall–Kier alpha value is -0.160. The normalized spacial score (nSPS) is 13.9. The van der Waals surface area contributed by atoms with Gasteiger partial charge in [-0.2, -0.15) is 0 Å². The van der Waals surface area contributed by atoms with Crippen LogP contribution < -0.4 is 5.32 Å². The maximum absolute atomic E-state index is 9.64. The van der Waals surface area contributed by atoms with Crippen molar-refractivity contribution in [3.63, 3.8) is 0 Å². The Morgan fingerprint density at radius 2 is 2.06 bits per heavy atom. The van der Waals surface area contributed by atoms with Crippen molar-refractivity contribution < 1.29 is 14.9 Å². The minimum atomic E-state index is -0.447. The zero-order valence-corrected chi connectivity index (χ0v) is 11.5. The molecular formula is C13H29NO3. The van der Waals surface area contributed by atoms with E-state index in [1.807, 2.05) is 0 Å². The lowest BCUT2D eigenvalue weighted by Gasteiger charge is -2.24. The van der Waals surface area contributed by atoms with Crippen molar-refractivity contribution >= 4 is 0 Å². The molecule has 0 aliphatic carbocycles. The fourth-order valence-electron chi connectivity index (χ4n) is 1.49. The zero-order chi connectivity index (χ0) is 13.1. The highest BCUT2D eigenvalue weighted by atomic mass is 16.5. The van der Waals surface area contributed by atoms with Crippen LogP contribution in [0.1, 0.15) is 40.0 Å². The number of unbranched alkanes of at least 4 members (excludes halogenated alkanes) is 1. The predicted molar refractivity (Wildman–Crippen MR) is 70.1 cm³/mol. The van der Waals surface area contributed by atoms with Crippen LogP contribution in [-0.2, 0) is 4.74 Å². The van der Waals surface area contributed by atoms with E-state index in [0.29, 0.717) is 13.2 Å². The summed E-state index contributed by atoms with van der Waals surface area (Å²) in [4.78, 5) is 0. The molecule has 104 valence electrons. The molecule has 0 amide bonds. The molecule has 0 radical (unpaired) electrons. The highest BCUT2D eigenvalue weighted by molar-refractivity contribution is 4.72. The highest BCUT2D eigenvalue weighted by Gasteiger charge is 2.16. The Balaban J connectivity index is 3.46. The van der Waals surface area contributed by atoms with Gasteiger partial charge in [0, 0.05) is 26.3 Å². The third kappa shape index (κ3) is 10.7. The molecule has 0 aromatic heterocycles. The van der Waals surface area contributed by atoms with E-state index in [2.05, 4.69) is 26.1 Å². The van der Waals surface area contributed by atoms with Gasteiger partial charge in [-0.25, -0.2) is 0 Å². The van der Waals surface area contributed by atoms with Crippen LogP contribution in [0.2, 0.25) is 0 Å². The van der Waals surface area contributed by atoms with Gasteiger partial charge in [0.15, 0.2) is 0 Å². The van der Waals surface area contributed by atoms with Crippen LogP contribution in [0.5, 0.6) is 0 Å². The van der Waals surface area contributed by atoms with Crippen molar-refractivity contribution in [1.29, 1.82) is 0 Å². The number of nitrogens with one attached hydrogen (secondary N) is 1. The molecule has 0 bridgehead atoms. The third-order valence-electron chi connectivity index (χ3n) is 2.72. The summed E-state index contributed by atoms with van der Waals surface area (Å²) in [7, 11) is 0. The number of hydrogen-bond donors (Lipinski definition) is 3. The summed E-state index contributed by atoms with van der Waals surface area (Å²) in [6.07, 6.45) is 2.48. The lowest BCUT2D eigenvalue weighted by atomic mass is 9.90. The first kappa shape index (κ1) is 16.8. The molecule has 0 spiro atoms. The van der Waals surface area contributed by atoms with E-state index < -0.39 is 6.10 Å². The predicted octanol–water partition coefficient (Wildman–Crippen LogP) is 1.16. The second-order valence-electron chi connectivity index (χ2n) is 5.35. The molecule has 0 aromatic rings. The van der Waals surface area contributed by atoms with Crippen molar-refractivity contribution in [3.05, 3.63) is 0 Å². The van der Waals surface area contributed by atoms with Crippen LogP contribution in [0.3, 0.4) is 0 Å². The van der Waals surface area contributed by atoms with E-state index in [1.165, 1.54) is 0 Å². The summed E-state index contributed by atoms with van der Waals surface area (Å²) >= 11 is 0. The largest absolute Gasteiger partial charge is 0.396 e. The van der Waals surface area contributed by atoms with Gasteiger partial charge in [-0.15, -0.1) is 0 Å². The summed E-state index contributed by atoms with van der Waals surface area (Å²) in [6, 6.07) is 0. The molecule has 0 aliphatic rings. The lowest BCUT2D eigenvalue weighted by molar-refractivity contribution is 0.0345. The number of aliphatic hydroxyl groups excluding tert-OH is 2. The second-order valence-corrected chi connectivity index (χ2v) is 5.35. The van der Waals surface area contributed by atoms with Gasteiger partial charge in [-0.1, -0.05) is 27.2 Å². The molecule has 0 rings (SSSR count). The zero-order valence-electron chi connectivity index (χ0n) is 11.5. The maximum atomic E-state index is 9.64. The Kier molecular flexibility index (Phi) is 9.74. The standard InChI is InChI=1S/C13H29NO3/c1-4-5-8-17-10-12(16)9-14-11-13(2,3)6-7-15/h12,14-16H,4-11H2,1-3H3. The summed E-state index contributed by atoms with van der Waals surface area (Å²) in [6.45, 7) is 8.97. The molecule has 0 heterocycles. The molecule has 1 unspecified atom stereocenters. The van der Waals surface area contributed by atoms with Gasteiger partial charge >= 0.3 is 0 Å². The van der Waals surface area contributed by atoms with E-state index in [9.17, 15) is 5.11 Å². The fraction of sp³-hybridized carbons (Fsp3) is 1.00.